The van der Waals surface area contributed by atoms with Crippen molar-refractivity contribution < 1.29 is 89.3 Å². The van der Waals surface area contributed by atoms with Crippen LogP contribution in [0.3, 0.4) is 0 Å². The second-order valence-electron chi connectivity index (χ2n) is 17.2. The third kappa shape index (κ3) is 8.09. The zero-order valence-corrected chi connectivity index (χ0v) is 40.2. The first-order chi connectivity index (χ1) is 52.0. The first-order valence-electron chi connectivity index (χ1n) is 43.6. The van der Waals surface area contributed by atoms with E-state index in [9.17, 15) is 21.9 Å². The van der Waals surface area contributed by atoms with Crippen LogP contribution in [0.2, 0.25) is 0 Å². The summed E-state index contributed by atoms with van der Waals surface area (Å²) in [6.45, 7) is -37.2. The van der Waals surface area contributed by atoms with Crippen LogP contribution in [0.25, 0.3) is 72.3 Å². The summed E-state index contributed by atoms with van der Waals surface area (Å²) in [4.78, 5) is 4.40. The van der Waals surface area contributed by atoms with Gasteiger partial charge in [0, 0.05) is 95.0 Å². The predicted octanol–water partition coefficient (Wildman–Crippen LogP) is 16.6. The molecule has 7 aromatic carbocycles. The normalized spacial score (nSPS) is 30.7. The first-order valence-corrected chi connectivity index (χ1v) is 22.1. The number of fused-ring (bicyclic) bond motifs is 6. The van der Waals surface area contributed by atoms with Crippen molar-refractivity contribution in [3.05, 3.63) is 197 Å². The van der Waals surface area contributed by atoms with Gasteiger partial charge < -0.3 is 13.9 Å². The van der Waals surface area contributed by atoms with Gasteiger partial charge in [-0.3, -0.25) is 4.57 Å². The van der Waals surface area contributed by atoms with Crippen LogP contribution in [-0.4, -0.2) is 14.1 Å². The van der Waals surface area contributed by atoms with Gasteiger partial charge in [-0.25, -0.2) is 4.98 Å². The second-order valence-corrected chi connectivity index (χ2v) is 17.2. The van der Waals surface area contributed by atoms with Crippen molar-refractivity contribution >= 4 is 32.8 Å². The number of hydrogen-bond acceptors (Lipinski definition) is 2. The minimum absolute atomic E-state index is 0. The van der Waals surface area contributed by atoms with Crippen molar-refractivity contribution in [1.82, 2.24) is 14.1 Å². The quantitative estimate of drug-likeness (QED) is 0.112. The van der Waals surface area contributed by atoms with E-state index in [1.54, 1.807) is 30.3 Å². The third-order valence-corrected chi connectivity index (χ3v) is 12.6. The molecule has 0 amide bonds. The molecule has 0 aliphatic heterocycles. The predicted molar refractivity (Wildman–Crippen MR) is 296 cm³/mol. The minimum Gasteiger partial charge on any atom is -0.510 e. The maximum atomic E-state index is 10.4. The first kappa shape index (κ1) is 19.9. The number of ether oxygens (including phenoxy) is 1. The Kier molecular flexibility index (Phi) is 4.87. The molecular weight excluding hydrogens is 1070 g/mol. The molecule has 3 heterocycles. The summed E-state index contributed by atoms with van der Waals surface area (Å²) in [7, 11) is 0. The SMILES string of the molecule is [2H]c1c([2H])c2c(c([2H])c1-c1cccc(-c3c([2H])c([2H])c4c(c3[2H])C(C([2H])([2H])[2H])(C([2H])([2H])[2H])C([2H])([2H])C([2H])([2H])C4(C([2H])([2H])[2H])C([2H])([2H])C)c1-[n+]1[c-]n(-c3[c-]c(Oc4[c-]c5c(cc4)c4ccccc4n5-c4cc(C([2H])([2H])[2H])c(C([2H])([2H])[2H])cn4)ccc3)c3ccccc31)C(C([2H])([2H])[2H])(C([2H])([2H])[2H])C([2H])([2H])C([2H])([2H])C2(C([2H])([2H])[2H])C([2H])([2H])[2H].[Pt]. The van der Waals surface area contributed by atoms with Crippen molar-refractivity contribution in [3.8, 4) is 50.9 Å². The number of hydrogen-bond donors (Lipinski definition) is 0. The standard InChI is InChI=1S/C67H64N4O.Pt/c1-11-67(10)35-34-66(8,9)57-38-46(27-31-55(57)67)51-22-17-21-50(45-26-30-54-56(37-45)65(6,7)33-32-64(54,4)5)63(51)70-42-69(59-24-14-15-25-60(59)70)47-18-16-19-48(39-47)72-49-28-29-53-52-20-12-13-23-58(52)71(61(53)40-49)62-36-43(2)44(3)41-68-62;/h12-31,36-38,41H,11,32-35H2,1-10H3;/q-2;/i2D3,3D3,4D3,5D3,6D3,7D3,8D3,9D3,10D3,11D2,26D,27D,30D,31D,32D2,33D2,34D2,35D2,37D,38D;. The number of rotatable bonds is 8. The van der Waals surface area contributed by atoms with E-state index in [1.807, 2.05) is 0 Å². The van der Waals surface area contributed by atoms with E-state index in [0.717, 1.165) is 35.0 Å². The summed E-state index contributed by atoms with van der Waals surface area (Å²) in [5.41, 5.74) is -32.0. The Bertz CT molecular complexity index is 5440. The number of benzene rings is 7. The molecule has 0 saturated carbocycles. The topological polar surface area (TPSA) is 35.9 Å². The molecule has 0 spiro atoms. The third-order valence-electron chi connectivity index (χ3n) is 12.6. The fraction of sp³-hybridized carbons (Fsp3) is 0.284. The number of aryl methyl sites for hydroxylation is 2. The van der Waals surface area contributed by atoms with Crippen molar-refractivity contribution in [1.29, 1.82) is 0 Å². The minimum atomic E-state index is -4.87. The Morgan fingerprint density at radius 3 is 2.05 bits per heavy atom. The summed E-state index contributed by atoms with van der Waals surface area (Å²) in [6.07, 6.45) is -18.9. The Morgan fingerprint density at radius 2 is 1.33 bits per heavy atom. The molecule has 0 bridgehead atoms. The van der Waals surface area contributed by atoms with Crippen LogP contribution in [0.15, 0.2) is 146 Å². The molecule has 0 N–H and O–H groups in total. The zero-order chi connectivity index (χ0) is 86.6. The van der Waals surface area contributed by atoms with E-state index < -0.39 is 213 Å². The molecule has 73 heavy (non-hydrogen) atoms. The van der Waals surface area contributed by atoms with Gasteiger partial charge in [0.05, 0.1) is 24.9 Å². The average molecular weight is 1180 g/mol. The molecule has 1 atom stereocenters. The fourth-order valence-corrected chi connectivity index (χ4v) is 9.09. The summed E-state index contributed by atoms with van der Waals surface area (Å²) in [6, 6.07) is 19.3. The Hall–Kier alpha value is -6.55. The molecule has 0 saturated heterocycles. The van der Waals surface area contributed by atoms with Crippen LogP contribution in [0.1, 0.15) is 179 Å². The number of aromatic nitrogens is 4. The van der Waals surface area contributed by atoms with Gasteiger partial charge in [-0.1, -0.05) is 157 Å². The van der Waals surface area contributed by atoms with E-state index in [1.165, 1.54) is 57.7 Å². The second kappa shape index (κ2) is 17.8. The van der Waals surface area contributed by atoms with E-state index in [4.69, 9.17) is 41.7 Å². The number of pyridine rings is 1. The van der Waals surface area contributed by atoms with Gasteiger partial charge in [0.25, 0.3) is 6.33 Å². The van der Waals surface area contributed by atoms with Gasteiger partial charge in [-0.05, 0) is 146 Å². The van der Waals surface area contributed by atoms with Gasteiger partial charge in [0.15, 0.2) is 0 Å². The summed E-state index contributed by atoms with van der Waals surface area (Å²) in [5, 5.41) is 1.12. The molecule has 0 fully saturated rings. The molecule has 2 aliphatic rings. The van der Waals surface area contributed by atoms with E-state index >= 15 is 0 Å². The average Bonchev–Trinajstić information content (AvgIpc) is 0.654. The van der Waals surface area contributed by atoms with Gasteiger partial charge in [0.1, 0.15) is 5.82 Å². The van der Waals surface area contributed by atoms with Gasteiger partial charge in [-0.2, -0.15) is 18.2 Å². The van der Waals surface area contributed by atoms with Crippen molar-refractivity contribution in [2.45, 2.75) is 122 Å². The fourth-order valence-electron chi connectivity index (χ4n) is 9.09. The summed E-state index contributed by atoms with van der Waals surface area (Å²) < 4.78 is 404. The van der Waals surface area contributed by atoms with Crippen molar-refractivity contribution in [2.75, 3.05) is 0 Å². The van der Waals surface area contributed by atoms with E-state index in [2.05, 4.69) is 23.4 Å². The van der Waals surface area contributed by atoms with Gasteiger partial charge in [-0.15, -0.1) is 29.7 Å². The molecule has 3 aromatic heterocycles. The molecule has 0 radical (unpaired) electrons. The van der Waals surface area contributed by atoms with Crippen molar-refractivity contribution in [2.24, 2.45) is 0 Å². The monoisotopic (exact) mass is 1180 g/mol. The van der Waals surface area contributed by atoms with Crippen LogP contribution < -0.4 is 9.30 Å². The molecule has 10 aromatic rings. The smallest absolute Gasteiger partial charge is 0.268 e. The van der Waals surface area contributed by atoms with Gasteiger partial charge >= 0.3 is 0 Å². The molecule has 6 heteroatoms. The van der Waals surface area contributed by atoms with Crippen molar-refractivity contribution in [3.63, 3.8) is 0 Å². The summed E-state index contributed by atoms with van der Waals surface area (Å²) >= 11 is 0. The molecule has 12 rings (SSSR count). The molecule has 370 valence electrons. The number of nitrogens with zero attached hydrogens (tertiary/aromatic N) is 4. The molecular formula is C67H64N4OPt-2. The van der Waals surface area contributed by atoms with Crippen LogP contribution in [0.5, 0.6) is 11.5 Å². The van der Waals surface area contributed by atoms with E-state index in [-0.39, 0.29) is 60.6 Å². The maximum Gasteiger partial charge on any atom is 0.268 e. The number of para-hydroxylation sites is 4. The van der Waals surface area contributed by atoms with Gasteiger partial charge in [0.2, 0.25) is 0 Å². The van der Waals surface area contributed by atoms with Crippen LogP contribution in [0.4, 0.5) is 0 Å². The molecule has 2 aliphatic carbocycles. The van der Waals surface area contributed by atoms with E-state index in [0.29, 0.717) is 23.2 Å². The van der Waals surface area contributed by atoms with Crippen LogP contribution in [-0.2, 0) is 42.7 Å². The Morgan fingerprint density at radius 1 is 0.671 bits per heavy atom. The van der Waals surface area contributed by atoms with Crippen LogP contribution in [0, 0.1) is 32.2 Å². The summed E-state index contributed by atoms with van der Waals surface area (Å²) in [5.74, 6) is -0.238. The zero-order valence-electron chi connectivity index (χ0n) is 80.9. The molecule has 1 unspecified atom stereocenters. The number of imidazole rings is 1. The largest absolute Gasteiger partial charge is 0.510 e. The maximum absolute atomic E-state index is 10.4. The Labute approximate surface area is 506 Å². The Balaban J connectivity index is 0.0000132. The molecule has 5 nitrogen and oxygen atoms in total. The van der Waals surface area contributed by atoms with Crippen LogP contribution >= 0.6 is 0 Å².